The number of nitrogens with one attached hydrogen (secondary N) is 2. The molecule has 0 saturated heterocycles. The zero-order valence-corrected chi connectivity index (χ0v) is 11.8. The highest BCUT2D eigenvalue weighted by Crippen LogP contribution is 2.16. The lowest BCUT2D eigenvalue weighted by molar-refractivity contribution is 0.249. The smallest absolute Gasteiger partial charge is 0.321 e. The first-order valence-corrected chi connectivity index (χ1v) is 6.98. The summed E-state index contributed by atoms with van der Waals surface area (Å²) in [6, 6.07) is 7.26. The molecule has 0 fully saturated rings. The minimum atomic E-state index is -0.295. The molecule has 2 rings (SSSR count). The zero-order valence-electron chi connectivity index (χ0n) is 10.3. The molecule has 2 aromatic rings. The molecule has 100 valence electrons. The number of amides is 2. The summed E-state index contributed by atoms with van der Waals surface area (Å²) in [4.78, 5) is 11.7. The first-order valence-electron chi connectivity index (χ1n) is 5.72. The lowest BCUT2D eigenvalue weighted by Crippen LogP contribution is -2.37. The predicted molar refractivity (Wildman–Crippen MR) is 76.7 cm³/mol. The molecule has 1 aromatic carbocycles. The number of benzene rings is 1. The van der Waals surface area contributed by atoms with Crippen molar-refractivity contribution >= 4 is 34.1 Å². The molecule has 0 radical (unpaired) electrons. The summed E-state index contributed by atoms with van der Waals surface area (Å²) in [5.41, 5.74) is 2.57. The molecule has 19 heavy (non-hydrogen) atoms. The van der Waals surface area contributed by atoms with Crippen LogP contribution in [0.25, 0.3) is 0 Å². The predicted octanol–water partition coefficient (Wildman–Crippen LogP) is 2.94. The largest absolute Gasteiger partial charge is 0.335 e. The third-order valence-electron chi connectivity index (χ3n) is 2.44. The number of carbonyl (C=O) groups excluding carboxylic acids is 1. The van der Waals surface area contributed by atoms with E-state index < -0.39 is 0 Å². The Morgan fingerprint density at radius 3 is 2.95 bits per heavy atom. The van der Waals surface area contributed by atoms with Crippen molar-refractivity contribution in [2.75, 3.05) is 5.32 Å². The van der Waals surface area contributed by atoms with Crippen LogP contribution in [-0.4, -0.2) is 22.3 Å². The molecule has 0 aliphatic rings. The van der Waals surface area contributed by atoms with Crippen LogP contribution in [0.2, 0.25) is 5.02 Å². The number of halogens is 1. The molecule has 5 nitrogen and oxygen atoms in total. The number of aromatic nitrogens is 2. The molecule has 0 aliphatic carbocycles. The second-order valence-electron chi connectivity index (χ2n) is 4.04. The molecule has 2 N–H and O–H groups in total. The molecule has 7 heteroatoms. The number of anilines is 1. The summed E-state index contributed by atoms with van der Waals surface area (Å²) in [6.07, 6.45) is 0.670. The zero-order chi connectivity index (χ0) is 13.7. The van der Waals surface area contributed by atoms with Crippen molar-refractivity contribution in [3.8, 4) is 0 Å². The number of nitrogens with zero attached hydrogens (tertiary/aromatic N) is 2. The summed E-state index contributed by atoms with van der Waals surface area (Å²) in [5, 5.41) is 14.0. The van der Waals surface area contributed by atoms with E-state index in [-0.39, 0.29) is 12.1 Å². The van der Waals surface area contributed by atoms with E-state index in [9.17, 15) is 4.79 Å². The highest BCUT2D eigenvalue weighted by atomic mass is 35.5. The number of hydrogen-bond donors (Lipinski definition) is 2. The van der Waals surface area contributed by atoms with Crippen LogP contribution in [0.15, 0.2) is 29.8 Å². The van der Waals surface area contributed by atoms with Gasteiger partial charge >= 0.3 is 6.03 Å². The SMILES string of the molecule is C[C@@H](Cc1ccccc1Cl)NC(=O)Nc1nncs1. The third-order valence-corrected chi connectivity index (χ3v) is 3.42. The second-order valence-corrected chi connectivity index (χ2v) is 5.28. The highest BCUT2D eigenvalue weighted by Gasteiger charge is 2.10. The van der Waals surface area contributed by atoms with Gasteiger partial charge in [-0.2, -0.15) is 0 Å². The van der Waals surface area contributed by atoms with Crippen LogP contribution in [0, 0.1) is 0 Å². The fourth-order valence-electron chi connectivity index (χ4n) is 1.63. The minimum Gasteiger partial charge on any atom is -0.335 e. The Morgan fingerprint density at radius 2 is 2.26 bits per heavy atom. The van der Waals surface area contributed by atoms with E-state index in [4.69, 9.17) is 11.6 Å². The van der Waals surface area contributed by atoms with E-state index in [1.165, 1.54) is 11.3 Å². The van der Waals surface area contributed by atoms with Crippen LogP contribution in [-0.2, 0) is 6.42 Å². The average Bonchev–Trinajstić information content (AvgIpc) is 2.84. The molecule has 2 amide bonds. The van der Waals surface area contributed by atoms with Crippen molar-refractivity contribution in [2.45, 2.75) is 19.4 Å². The van der Waals surface area contributed by atoms with Gasteiger partial charge < -0.3 is 5.32 Å². The van der Waals surface area contributed by atoms with E-state index >= 15 is 0 Å². The maximum Gasteiger partial charge on any atom is 0.321 e. The molecular weight excluding hydrogens is 284 g/mol. The summed E-state index contributed by atoms with van der Waals surface area (Å²) in [7, 11) is 0. The Labute approximate surface area is 120 Å². The first-order chi connectivity index (χ1) is 9.15. The van der Waals surface area contributed by atoms with Gasteiger partial charge in [0, 0.05) is 11.1 Å². The van der Waals surface area contributed by atoms with E-state index in [2.05, 4.69) is 20.8 Å². The monoisotopic (exact) mass is 296 g/mol. The maximum atomic E-state index is 11.7. The second kappa shape index (κ2) is 6.49. The van der Waals surface area contributed by atoms with Crippen LogP contribution in [0.5, 0.6) is 0 Å². The number of urea groups is 1. The van der Waals surface area contributed by atoms with Crippen LogP contribution >= 0.6 is 22.9 Å². The summed E-state index contributed by atoms with van der Waals surface area (Å²) in [5.74, 6) is 0. The summed E-state index contributed by atoms with van der Waals surface area (Å²) >= 11 is 7.34. The van der Waals surface area contributed by atoms with Gasteiger partial charge in [-0.15, -0.1) is 10.2 Å². The Morgan fingerprint density at radius 1 is 1.47 bits per heavy atom. The van der Waals surface area contributed by atoms with Gasteiger partial charge in [-0.25, -0.2) is 4.79 Å². The van der Waals surface area contributed by atoms with Gasteiger partial charge in [0.05, 0.1) is 0 Å². The molecule has 0 unspecified atom stereocenters. The topological polar surface area (TPSA) is 66.9 Å². The lowest BCUT2D eigenvalue weighted by Gasteiger charge is -2.14. The number of carbonyl (C=O) groups is 1. The quantitative estimate of drug-likeness (QED) is 0.911. The molecule has 1 heterocycles. The number of rotatable bonds is 4. The van der Waals surface area contributed by atoms with Crippen LogP contribution < -0.4 is 10.6 Å². The van der Waals surface area contributed by atoms with Crippen molar-refractivity contribution in [1.82, 2.24) is 15.5 Å². The maximum absolute atomic E-state index is 11.7. The molecule has 0 aliphatic heterocycles. The van der Waals surface area contributed by atoms with E-state index in [0.717, 1.165) is 5.56 Å². The van der Waals surface area contributed by atoms with Crippen molar-refractivity contribution < 1.29 is 4.79 Å². The molecule has 1 atom stereocenters. The molecular formula is C12H13ClN4OS. The van der Waals surface area contributed by atoms with E-state index in [0.29, 0.717) is 16.6 Å². The Hall–Kier alpha value is -1.66. The van der Waals surface area contributed by atoms with Gasteiger partial charge in [0.25, 0.3) is 0 Å². The minimum absolute atomic E-state index is 0.0344. The van der Waals surface area contributed by atoms with Crippen molar-refractivity contribution in [1.29, 1.82) is 0 Å². The van der Waals surface area contributed by atoms with Gasteiger partial charge in [0.1, 0.15) is 5.51 Å². The van der Waals surface area contributed by atoms with Gasteiger partial charge in [-0.3, -0.25) is 5.32 Å². The Kier molecular flexibility index (Phi) is 4.70. The third kappa shape index (κ3) is 4.18. The molecule has 0 saturated carbocycles. The van der Waals surface area contributed by atoms with E-state index in [1.54, 1.807) is 5.51 Å². The summed E-state index contributed by atoms with van der Waals surface area (Å²) < 4.78 is 0. The fraction of sp³-hybridized carbons (Fsp3) is 0.250. The average molecular weight is 297 g/mol. The van der Waals surface area contributed by atoms with E-state index in [1.807, 2.05) is 31.2 Å². The fourth-order valence-corrected chi connectivity index (χ4v) is 2.28. The highest BCUT2D eigenvalue weighted by molar-refractivity contribution is 7.13. The molecule has 0 spiro atoms. The normalized spacial score (nSPS) is 11.9. The summed E-state index contributed by atoms with van der Waals surface area (Å²) in [6.45, 7) is 1.92. The lowest BCUT2D eigenvalue weighted by atomic mass is 10.1. The van der Waals surface area contributed by atoms with Gasteiger partial charge in [0.2, 0.25) is 5.13 Å². The van der Waals surface area contributed by atoms with Gasteiger partial charge in [0.15, 0.2) is 0 Å². The van der Waals surface area contributed by atoms with Crippen LogP contribution in [0.3, 0.4) is 0 Å². The van der Waals surface area contributed by atoms with Crippen molar-refractivity contribution in [2.24, 2.45) is 0 Å². The van der Waals surface area contributed by atoms with Crippen LogP contribution in [0.4, 0.5) is 9.93 Å². The number of hydrogen-bond acceptors (Lipinski definition) is 4. The van der Waals surface area contributed by atoms with Crippen LogP contribution in [0.1, 0.15) is 12.5 Å². The Balaban J connectivity index is 1.86. The first kappa shape index (κ1) is 13.8. The van der Waals surface area contributed by atoms with Gasteiger partial charge in [-0.1, -0.05) is 41.1 Å². The molecule has 1 aromatic heterocycles. The molecule has 0 bridgehead atoms. The van der Waals surface area contributed by atoms with Crippen molar-refractivity contribution in [3.05, 3.63) is 40.4 Å². The standard InChI is InChI=1S/C12H13ClN4OS/c1-8(6-9-4-2-3-5-10(9)13)15-11(18)16-12-17-14-7-19-12/h2-5,7-8H,6H2,1H3,(H2,15,16,17,18)/t8-/m0/s1. The Bertz CT molecular complexity index is 546. The van der Waals surface area contributed by atoms with Crippen molar-refractivity contribution in [3.63, 3.8) is 0 Å². The van der Waals surface area contributed by atoms with Gasteiger partial charge in [-0.05, 0) is 25.0 Å².